The van der Waals surface area contributed by atoms with Crippen LogP contribution in [0.1, 0.15) is 55.4 Å². The zero-order valence-electron chi connectivity index (χ0n) is 12.6. The Morgan fingerprint density at radius 3 is 1.35 bits per heavy atom. The molecule has 0 spiro atoms. The van der Waals surface area contributed by atoms with Gasteiger partial charge in [-0.25, -0.2) is 0 Å². The van der Waals surface area contributed by atoms with Gasteiger partial charge in [-0.3, -0.25) is 0 Å². The van der Waals surface area contributed by atoms with E-state index in [1.54, 1.807) is 0 Å². The standard InChI is InChI=1S/C12H30NO3P/c1-9-13(10-2)17(14,15-11(3,4)5)16-12(6,7)8/h14,17H,9-10H2,1-8H3. The van der Waals surface area contributed by atoms with Crippen LogP contribution in [0.3, 0.4) is 0 Å². The van der Waals surface area contributed by atoms with E-state index in [1.807, 2.05) is 60.1 Å². The maximum absolute atomic E-state index is 10.8. The van der Waals surface area contributed by atoms with E-state index in [2.05, 4.69) is 0 Å². The van der Waals surface area contributed by atoms with E-state index in [1.165, 1.54) is 0 Å². The fraction of sp³-hybridized carbons (Fsp3) is 1.00. The van der Waals surface area contributed by atoms with E-state index in [4.69, 9.17) is 9.05 Å². The van der Waals surface area contributed by atoms with Crippen molar-refractivity contribution in [1.29, 1.82) is 0 Å². The van der Waals surface area contributed by atoms with Gasteiger partial charge in [0.25, 0.3) is 0 Å². The first-order valence-corrected chi connectivity index (χ1v) is 8.02. The fourth-order valence-corrected chi connectivity index (χ4v) is 4.27. The Morgan fingerprint density at radius 1 is 0.882 bits per heavy atom. The SMILES string of the molecule is CCN(CC)[PH](O)(OC(C)(C)C)OC(C)(C)C. The van der Waals surface area contributed by atoms with Gasteiger partial charge in [-0.2, -0.15) is 0 Å². The third-order valence-electron chi connectivity index (χ3n) is 2.04. The Kier molecular flexibility index (Phi) is 6.04. The van der Waals surface area contributed by atoms with Crippen LogP contribution < -0.4 is 0 Å². The minimum atomic E-state index is -3.32. The molecule has 5 heteroatoms. The van der Waals surface area contributed by atoms with Crippen molar-refractivity contribution in [2.24, 2.45) is 0 Å². The predicted octanol–water partition coefficient (Wildman–Crippen LogP) is 3.36. The Balaban J connectivity index is 5.06. The summed E-state index contributed by atoms with van der Waals surface area (Å²) in [6.07, 6.45) is 0. The van der Waals surface area contributed by atoms with Crippen molar-refractivity contribution in [3.05, 3.63) is 0 Å². The van der Waals surface area contributed by atoms with Crippen LogP contribution in [0, 0.1) is 0 Å². The van der Waals surface area contributed by atoms with E-state index < -0.39 is 19.3 Å². The topological polar surface area (TPSA) is 41.9 Å². The first kappa shape index (κ1) is 17.3. The summed E-state index contributed by atoms with van der Waals surface area (Å²) in [5, 5.41) is 0. The van der Waals surface area contributed by atoms with Crippen LogP contribution in [0.25, 0.3) is 0 Å². The summed E-state index contributed by atoms with van der Waals surface area (Å²) >= 11 is 0. The van der Waals surface area contributed by atoms with Gasteiger partial charge in [0, 0.05) is 0 Å². The zero-order valence-corrected chi connectivity index (χ0v) is 13.6. The summed E-state index contributed by atoms with van der Waals surface area (Å²) in [7, 11) is -3.32. The summed E-state index contributed by atoms with van der Waals surface area (Å²) < 4.78 is 13.6. The molecule has 0 bridgehead atoms. The van der Waals surface area contributed by atoms with Crippen LogP contribution in [-0.2, 0) is 9.05 Å². The molecule has 0 atom stereocenters. The normalized spacial score (nSPS) is 15.4. The second-order valence-electron chi connectivity index (χ2n) is 6.15. The number of nitrogens with zero attached hydrogens (tertiary/aromatic N) is 1. The zero-order chi connectivity index (χ0) is 13.9. The molecule has 0 aromatic heterocycles. The van der Waals surface area contributed by atoms with Gasteiger partial charge in [0.05, 0.1) is 0 Å². The number of rotatable bonds is 5. The van der Waals surface area contributed by atoms with Gasteiger partial charge in [0.15, 0.2) is 0 Å². The molecule has 0 aliphatic rings. The Labute approximate surface area is 107 Å². The second kappa shape index (κ2) is 5.94. The van der Waals surface area contributed by atoms with Gasteiger partial charge in [-0.1, -0.05) is 0 Å². The van der Waals surface area contributed by atoms with Crippen molar-refractivity contribution in [1.82, 2.24) is 4.67 Å². The minimum absolute atomic E-state index is 0.422. The van der Waals surface area contributed by atoms with Crippen molar-refractivity contribution in [3.8, 4) is 0 Å². The molecule has 0 rings (SSSR count). The summed E-state index contributed by atoms with van der Waals surface area (Å²) in [5.74, 6) is 0. The van der Waals surface area contributed by atoms with E-state index in [0.717, 1.165) is 0 Å². The molecule has 17 heavy (non-hydrogen) atoms. The monoisotopic (exact) mass is 267 g/mol. The van der Waals surface area contributed by atoms with E-state index >= 15 is 0 Å². The number of hydrogen-bond acceptors (Lipinski definition) is 4. The molecule has 0 aromatic rings. The van der Waals surface area contributed by atoms with Crippen LogP contribution in [0.15, 0.2) is 0 Å². The van der Waals surface area contributed by atoms with Crippen LogP contribution in [0.4, 0.5) is 0 Å². The molecule has 0 aromatic carbocycles. The molecule has 0 aliphatic heterocycles. The van der Waals surface area contributed by atoms with E-state index in [-0.39, 0.29) is 0 Å². The first-order valence-electron chi connectivity index (χ1n) is 6.31. The van der Waals surface area contributed by atoms with Crippen LogP contribution >= 0.6 is 8.09 Å². The Morgan fingerprint density at radius 2 is 1.18 bits per heavy atom. The molecule has 0 amide bonds. The van der Waals surface area contributed by atoms with Gasteiger partial charge >= 0.3 is 106 Å². The molecule has 4 nitrogen and oxygen atoms in total. The van der Waals surface area contributed by atoms with Gasteiger partial charge in [0.2, 0.25) is 0 Å². The van der Waals surface area contributed by atoms with Crippen LogP contribution in [0.2, 0.25) is 0 Å². The third-order valence-corrected chi connectivity index (χ3v) is 5.23. The van der Waals surface area contributed by atoms with Gasteiger partial charge in [-0.15, -0.1) is 0 Å². The third kappa shape index (κ3) is 6.68. The molecule has 0 fully saturated rings. The summed E-state index contributed by atoms with van der Waals surface area (Å²) in [6.45, 7) is 17.0. The Bertz CT molecular complexity index is 213. The van der Waals surface area contributed by atoms with Crippen molar-refractivity contribution in [2.75, 3.05) is 13.1 Å². The van der Waals surface area contributed by atoms with Crippen molar-refractivity contribution < 1.29 is 13.9 Å². The molecule has 0 radical (unpaired) electrons. The first-order chi connectivity index (χ1) is 7.43. The molecule has 0 saturated carbocycles. The van der Waals surface area contributed by atoms with Crippen molar-refractivity contribution in [2.45, 2.75) is 66.6 Å². The van der Waals surface area contributed by atoms with Gasteiger partial charge < -0.3 is 0 Å². The molecule has 0 unspecified atom stereocenters. The van der Waals surface area contributed by atoms with Crippen molar-refractivity contribution in [3.63, 3.8) is 0 Å². The van der Waals surface area contributed by atoms with Crippen molar-refractivity contribution >= 4 is 8.09 Å². The average molecular weight is 267 g/mol. The molecule has 106 valence electrons. The van der Waals surface area contributed by atoms with Crippen LogP contribution in [-0.4, -0.2) is 33.9 Å². The van der Waals surface area contributed by atoms with Gasteiger partial charge in [0.1, 0.15) is 0 Å². The second-order valence-corrected chi connectivity index (χ2v) is 8.29. The quantitative estimate of drug-likeness (QED) is 0.776. The summed E-state index contributed by atoms with van der Waals surface area (Å²) in [6, 6.07) is 0. The van der Waals surface area contributed by atoms with Gasteiger partial charge in [-0.05, 0) is 0 Å². The van der Waals surface area contributed by atoms with E-state index in [9.17, 15) is 4.89 Å². The summed E-state index contributed by atoms with van der Waals surface area (Å²) in [5.41, 5.74) is -0.844. The molecular formula is C12H30NO3P. The average Bonchev–Trinajstić information content (AvgIpc) is 1.97. The number of hydrogen-bond donors (Lipinski definition) is 1. The fourth-order valence-electron chi connectivity index (χ4n) is 1.57. The Hall–Kier alpha value is 0.270. The molecule has 0 heterocycles. The molecule has 0 saturated heterocycles. The molecule has 0 aliphatic carbocycles. The summed E-state index contributed by atoms with van der Waals surface area (Å²) in [4.78, 5) is 10.8. The maximum atomic E-state index is 10.8. The van der Waals surface area contributed by atoms with Crippen LogP contribution in [0.5, 0.6) is 0 Å². The molecule has 1 N–H and O–H groups in total. The van der Waals surface area contributed by atoms with E-state index in [0.29, 0.717) is 13.1 Å². The molecular weight excluding hydrogens is 237 g/mol. The predicted molar refractivity (Wildman–Crippen MR) is 75.1 cm³/mol.